The summed E-state index contributed by atoms with van der Waals surface area (Å²) in [6.07, 6.45) is 6.26. The van der Waals surface area contributed by atoms with Gasteiger partial charge in [-0.1, -0.05) is 6.07 Å². The van der Waals surface area contributed by atoms with Crippen LogP contribution in [0, 0.1) is 0 Å². The number of anilines is 2. The van der Waals surface area contributed by atoms with Crippen molar-refractivity contribution < 1.29 is 4.74 Å². The first kappa shape index (κ1) is 15.8. The third kappa shape index (κ3) is 3.25. The van der Waals surface area contributed by atoms with E-state index in [2.05, 4.69) is 28.5 Å². The van der Waals surface area contributed by atoms with Crippen LogP contribution in [0.3, 0.4) is 0 Å². The van der Waals surface area contributed by atoms with Crippen LogP contribution in [0.1, 0.15) is 24.0 Å². The lowest BCUT2D eigenvalue weighted by Crippen LogP contribution is -2.22. The third-order valence-corrected chi connectivity index (χ3v) is 5.01. The summed E-state index contributed by atoms with van der Waals surface area (Å²) in [4.78, 5) is 4.57. The molecule has 1 heterocycles. The molecule has 0 spiro atoms. The lowest BCUT2D eigenvalue weighted by molar-refractivity contribution is 0.414. The number of nitrogens with two attached hydrogens (primary N) is 1. The summed E-state index contributed by atoms with van der Waals surface area (Å²) in [6, 6.07) is 14.8. The van der Waals surface area contributed by atoms with Crippen LogP contribution in [0.4, 0.5) is 11.5 Å². The highest BCUT2D eigenvalue weighted by Gasteiger charge is 2.18. The molecule has 0 radical (unpaired) electrons. The Bertz CT molecular complexity index is 907. The van der Waals surface area contributed by atoms with Crippen molar-refractivity contribution in [3.63, 3.8) is 0 Å². The first-order valence-corrected chi connectivity index (χ1v) is 8.79. The molecular formula is C21H23N3O. The van der Waals surface area contributed by atoms with E-state index in [1.165, 1.54) is 17.5 Å². The van der Waals surface area contributed by atoms with E-state index in [1.54, 1.807) is 7.11 Å². The van der Waals surface area contributed by atoms with Gasteiger partial charge >= 0.3 is 0 Å². The normalized spacial score (nSPS) is 16.9. The number of nitrogen functional groups attached to an aromatic ring is 1. The van der Waals surface area contributed by atoms with Crippen LogP contribution < -0.4 is 15.8 Å². The van der Waals surface area contributed by atoms with Crippen LogP contribution in [0.2, 0.25) is 0 Å². The molecule has 0 saturated heterocycles. The summed E-state index contributed by atoms with van der Waals surface area (Å²) in [7, 11) is 1.72. The molecule has 1 unspecified atom stereocenters. The molecule has 1 atom stereocenters. The molecule has 0 fully saturated rings. The molecule has 0 saturated carbocycles. The highest BCUT2D eigenvalue weighted by atomic mass is 16.5. The molecule has 3 aromatic rings. The molecule has 1 aromatic heterocycles. The Kier molecular flexibility index (Phi) is 4.18. The molecule has 4 nitrogen and oxygen atoms in total. The summed E-state index contributed by atoms with van der Waals surface area (Å²) >= 11 is 0. The smallest absolute Gasteiger partial charge is 0.134 e. The zero-order chi connectivity index (χ0) is 17.2. The van der Waals surface area contributed by atoms with Gasteiger partial charge in [0.1, 0.15) is 11.6 Å². The van der Waals surface area contributed by atoms with Gasteiger partial charge in [0.2, 0.25) is 0 Å². The molecule has 25 heavy (non-hydrogen) atoms. The predicted octanol–water partition coefficient (Wildman–Crippen LogP) is 4.19. The van der Waals surface area contributed by atoms with Crippen molar-refractivity contribution in [1.82, 2.24) is 4.98 Å². The second kappa shape index (κ2) is 6.63. The van der Waals surface area contributed by atoms with Crippen molar-refractivity contribution in [2.75, 3.05) is 18.2 Å². The minimum Gasteiger partial charge on any atom is -0.497 e. The predicted molar refractivity (Wildman–Crippen MR) is 103 cm³/mol. The van der Waals surface area contributed by atoms with Gasteiger partial charge in [-0.2, -0.15) is 0 Å². The van der Waals surface area contributed by atoms with Gasteiger partial charge in [-0.05, 0) is 78.6 Å². The van der Waals surface area contributed by atoms with Gasteiger partial charge in [0.05, 0.1) is 7.11 Å². The van der Waals surface area contributed by atoms with Crippen LogP contribution in [-0.4, -0.2) is 18.1 Å². The van der Waals surface area contributed by atoms with Gasteiger partial charge in [0, 0.05) is 23.3 Å². The summed E-state index contributed by atoms with van der Waals surface area (Å²) in [6.45, 7) is 0. The van der Waals surface area contributed by atoms with E-state index in [-0.39, 0.29) is 0 Å². The lowest BCUT2D eigenvalue weighted by atomic mass is 10.0. The highest BCUT2D eigenvalue weighted by molar-refractivity contribution is 5.93. The Balaban J connectivity index is 1.62. The monoisotopic (exact) mass is 333 g/mol. The van der Waals surface area contributed by atoms with E-state index >= 15 is 0 Å². The molecule has 128 valence electrons. The average molecular weight is 333 g/mol. The quantitative estimate of drug-likeness (QED) is 0.557. The first-order valence-electron chi connectivity index (χ1n) is 8.79. The van der Waals surface area contributed by atoms with E-state index < -0.39 is 0 Å². The molecule has 0 bridgehead atoms. The number of hydrogen-bond donors (Lipinski definition) is 2. The number of aromatic nitrogens is 1. The molecule has 2 aromatic carbocycles. The molecule has 0 aliphatic heterocycles. The van der Waals surface area contributed by atoms with Crippen LogP contribution >= 0.6 is 0 Å². The fourth-order valence-electron chi connectivity index (χ4n) is 3.70. The van der Waals surface area contributed by atoms with Gasteiger partial charge in [-0.3, -0.25) is 0 Å². The first-order chi connectivity index (χ1) is 12.2. The lowest BCUT2D eigenvalue weighted by Gasteiger charge is -2.19. The van der Waals surface area contributed by atoms with E-state index in [0.717, 1.165) is 47.3 Å². The van der Waals surface area contributed by atoms with E-state index in [1.807, 2.05) is 30.5 Å². The summed E-state index contributed by atoms with van der Waals surface area (Å²) in [5, 5.41) is 5.91. The van der Waals surface area contributed by atoms with E-state index in [4.69, 9.17) is 10.5 Å². The number of fused-ring (bicyclic) bond motifs is 2. The maximum Gasteiger partial charge on any atom is 0.134 e. The number of pyridine rings is 1. The third-order valence-electron chi connectivity index (χ3n) is 5.01. The SMILES string of the molecule is COc1ccc2c(c1)CC(Nc1nccc3cc(N)ccc13)CCC2. The Labute approximate surface area is 148 Å². The van der Waals surface area contributed by atoms with Crippen LogP contribution in [0.15, 0.2) is 48.7 Å². The molecule has 0 amide bonds. The number of benzene rings is 2. The van der Waals surface area contributed by atoms with Crippen LogP contribution in [0.5, 0.6) is 5.75 Å². The number of methoxy groups -OCH3 is 1. The molecule has 1 aliphatic carbocycles. The average Bonchev–Trinajstić information content (AvgIpc) is 2.82. The molecule has 4 heteroatoms. The van der Waals surface area contributed by atoms with E-state index in [0.29, 0.717) is 6.04 Å². The maximum absolute atomic E-state index is 5.91. The number of ether oxygens (including phenoxy) is 1. The molecular weight excluding hydrogens is 310 g/mol. The largest absolute Gasteiger partial charge is 0.497 e. The Morgan fingerprint density at radius 3 is 2.92 bits per heavy atom. The zero-order valence-electron chi connectivity index (χ0n) is 14.5. The number of nitrogens with one attached hydrogen (secondary N) is 1. The summed E-state index contributed by atoms with van der Waals surface area (Å²) in [5.74, 6) is 1.87. The zero-order valence-corrected chi connectivity index (χ0v) is 14.5. The van der Waals surface area contributed by atoms with Crippen LogP contribution in [-0.2, 0) is 12.8 Å². The van der Waals surface area contributed by atoms with E-state index in [9.17, 15) is 0 Å². The fraction of sp³-hybridized carbons (Fsp3) is 0.286. The van der Waals surface area contributed by atoms with Crippen LogP contribution in [0.25, 0.3) is 10.8 Å². The number of aryl methyl sites for hydroxylation is 1. The van der Waals surface area contributed by atoms with Crippen molar-refractivity contribution in [2.45, 2.75) is 31.7 Å². The van der Waals surface area contributed by atoms with Crippen molar-refractivity contribution in [2.24, 2.45) is 0 Å². The van der Waals surface area contributed by atoms with Gasteiger partial charge in [0.15, 0.2) is 0 Å². The molecule has 4 rings (SSSR count). The number of hydrogen-bond acceptors (Lipinski definition) is 4. The molecule has 1 aliphatic rings. The highest BCUT2D eigenvalue weighted by Crippen LogP contribution is 2.28. The van der Waals surface area contributed by atoms with Crippen molar-refractivity contribution in [1.29, 1.82) is 0 Å². The van der Waals surface area contributed by atoms with Gasteiger partial charge in [0.25, 0.3) is 0 Å². The Morgan fingerprint density at radius 2 is 2.04 bits per heavy atom. The van der Waals surface area contributed by atoms with Gasteiger partial charge in [-0.25, -0.2) is 4.98 Å². The standard InChI is InChI=1S/C21H23N3O/c1-25-19-7-5-14-3-2-4-18(12-16(14)13-19)24-21-20-8-6-17(22)11-15(20)9-10-23-21/h5-11,13,18H,2-4,12,22H2,1H3,(H,23,24). The second-order valence-electron chi connectivity index (χ2n) is 6.71. The second-order valence-corrected chi connectivity index (χ2v) is 6.71. The van der Waals surface area contributed by atoms with Crippen molar-refractivity contribution in [3.8, 4) is 5.75 Å². The van der Waals surface area contributed by atoms with Gasteiger partial charge < -0.3 is 15.8 Å². The molecule has 3 N–H and O–H groups in total. The number of rotatable bonds is 3. The summed E-state index contributed by atoms with van der Waals surface area (Å²) < 4.78 is 5.40. The number of nitrogens with zero attached hydrogens (tertiary/aromatic N) is 1. The van der Waals surface area contributed by atoms with Crippen molar-refractivity contribution in [3.05, 3.63) is 59.8 Å². The minimum absolute atomic E-state index is 0.365. The minimum atomic E-state index is 0.365. The maximum atomic E-state index is 5.91. The topological polar surface area (TPSA) is 60.2 Å². The summed E-state index contributed by atoms with van der Waals surface area (Å²) in [5.41, 5.74) is 9.49. The van der Waals surface area contributed by atoms with Crippen molar-refractivity contribution >= 4 is 22.3 Å². The Morgan fingerprint density at radius 1 is 1.12 bits per heavy atom. The fourth-order valence-corrected chi connectivity index (χ4v) is 3.70. The van der Waals surface area contributed by atoms with Gasteiger partial charge in [-0.15, -0.1) is 0 Å². The Hall–Kier alpha value is -2.75.